The molecule has 1 aromatic heterocycles. The minimum absolute atomic E-state index is 0.166. The van der Waals surface area contributed by atoms with Gasteiger partial charge in [0.2, 0.25) is 11.6 Å². The number of aromatic nitrogens is 2. The highest BCUT2D eigenvalue weighted by Gasteiger charge is 2.25. The molecule has 0 saturated carbocycles. The third kappa shape index (κ3) is 4.47. The lowest BCUT2D eigenvalue weighted by Crippen LogP contribution is -2.30. The Kier molecular flexibility index (Phi) is 6.13. The molecule has 0 fully saturated rings. The van der Waals surface area contributed by atoms with Gasteiger partial charge in [-0.15, -0.1) is 0 Å². The van der Waals surface area contributed by atoms with Crippen molar-refractivity contribution in [3.63, 3.8) is 0 Å². The second kappa shape index (κ2) is 9.10. The number of esters is 1. The van der Waals surface area contributed by atoms with E-state index in [2.05, 4.69) is 26.1 Å². The van der Waals surface area contributed by atoms with E-state index in [1.54, 1.807) is 48.5 Å². The topological polar surface area (TPSA) is 148 Å². The van der Waals surface area contributed by atoms with Crippen LogP contribution in [0.5, 0.6) is 0 Å². The zero-order chi connectivity index (χ0) is 21.5. The number of benzene rings is 2. The van der Waals surface area contributed by atoms with Gasteiger partial charge in [-0.1, -0.05) is 30.3 Å². The van der Waals surface area contributed by atoms with E-state index in [9.17, 15) is 19.7 Å². The predicted octanol–water partition coefficient (Wildman–Crippen LogP) is 2.67. The summed E-state index contributed by atoms with van der Waals surface area (Å²) in [5, 5.41) is 14.4. The third-order valence-corrected chi connectivity index (χ3v) is 3.92. The Hall–Kier alpha value is -4.54. The van der Waals surface area contributed by atoms with Gasteiger partial charge in [0.05, 0.1) is 23.3 Å². The number of amides is 1. The molecule has 152 valence electrons. The first kappa shape index (κ1) is 20.2. The summed E-state index contributed by atoms with van der Waals surface area (Å²) >= 11 is 0. The maximum absolute atomic E-state index is 12.2. The fourth-order valence-corrected chi connectivity index (χ4v) is 2.52. The van der Waals surface area contributed by atoms with Crippen molar-refractivity contribution in [3.8, 4) is 0 Å². The molecular formula is C19H16N6O5. The number of nitrogens with zero attached hydrogens (tertiary/aromatic N) is 3. The van der Waals surface area contributed by atoms with Crippen LogP contribution in [0.3, 0.4) is 0 Å². The molecule has 0 atom stereocenters. The molecule has 30 heavy (non-hydrogen) atoms. The molecule has 11 nitrogen and oxygen atoms in total. The highest BCUT2D eigenvalue weighted by Crippen LogP contribution is 2.31. The molecule has 0 aliphatic heterocycles. The SMILES string of the molecule is COC(=O)c1ccccc1Nc1ncnc(NNC(=O)c2ccccc2)c1[N+](=O)[O-]. The Labute approximate surface area is 170 Å². The first-order valence-corrected chi connectivity index (χ1v) is 8.56. The molecule has 0 aliphatic carbocycles. The number of carbonyl (C=O) groups excluding carboxylic acids is 2. The molecule has 1 heterocycles. The number of hydrogen-bond acceptors (Lipinski definition) is 9. The van der Waals surface area contributed by atoms with E-state index in [1.807, 2.05) is 0 Å². The Morgan fingerprint density at radius 2 is 1.67 bits per heavy atom. The van der Waals surface area contributed by atoms with E-state index in [0.29, 0.717) is 5.56 Å². The minimum Gasteiger partial charge on any atom is -0.465 e. The maximum Gasteiger partial charge on any atom is 0.355 e. The normalized spacial score (nSPS) is 10.0. The molecule has 0 bridgehead atoms. The van der Waals surface area contributed by atoms with Crippen molar-refractivity contribution in [2.45, 2.75) is 0 Å². The van der Waals surface area contributed by atoms with E-state index < -0.39 is 22.5 Å². The summed E-state index contributed by atoms with van der Waals surface area (Å²) in [7, 11) is 1.23. The standard InChI is InChI=1S/C19H16N6O5/c1-30-19(27)13-9-5-6-10-14(13)22-16-15(25(28)29)17(21-11-20-16)23-24-18(26)12-7-3-2-4-8-12/h2-11H,1H3,(H,24,26)(H2,20,21,22,23). The Balaban J connectivity index is 1.88. The maximum atomic E-state index is 12.2. The average molecular weight is 408 g/mol. The van der Waals surface area contributed by atoms with Gasteiger partial charge in [-0.25, -0.2) is 14.8 Å². The van der Waals surface area contributed by atoms with Gasteiger partial charge in [-0.3, -0.25) is 25.8 Å². The van der Waals surface area contributed by atoms with Crippen molar-refractivity contribution in [2.24, 2.45) is 0 Å². The van der Waals surface area contributed by atoms with Crippen LogP contribution in [-0.4, -0.2) is 33.9 Å². The molecule has 3 rings (SSSR count). The molecule has 1 amide bonds. The van der Waals surface area contributed by atoms with Crippen LogP contribution in [0.4, 0.5) is 23.0 Å². The summed E-state index contributed by atoms with van der Waals surface area (Å²) in [6.45, 7) is 0. The van der Waals surface area contributed by atoms with Crippen molar-refractivity contribution in [1.82, 2.24) is 15.4 Å². The number of hydrazine groups is 1. The van der Waals surface area contributed by atoms with Crippen LogP contribution in [0.1, 0.15) is 20.7 Å². The Morgan fingerprint density at radius 3 is 2.37 bits per heavy atom. The van der Waals surface area contributed by atoms with Crippen LogP contribution in [0.15, 0.2) is 60.9 Å². The lowest BCUT2D eigenvalue weighted by molar-refractivity contribution is -0.383. The van der Waals surface area contributed by atoms with Gasteiger partial charge in [0.25, 0.3) is 5.91 Å². The zero-order valence-corrected chi connectivity index (χ0v) is 15.7. The Bertz CT molecular complexity index is 1090. The molecule has 11 heteroatoms. The summed E-state index contributed by atoms with van der Waals surface area (Å²) in [6.07, 6.45) is 1.08. The number of para-hydroxylation sites is 1. The van der Waals surface area contributed by atoms with Crippen LogP contribution in [0.25, 0.3) is 0 Å². The average Bonchev–Trinajstić information content (AvgIpc) is 2.77. The first-order valence-electron chi connectivity index (χ1n) is 8.56. The number of anilines is 3. The highest BCUT2D eigenvalue weighted by atomic mass is 16.6. The van der Waals surface area contributed by atoms with Crippen molar-refractivity contribution in [2.75, 3.05) is 17.9 Å². The monoisotopic (exact) mass is 408 g/mol. The van der Waals surface area contributed by atoms with Gasteiger partial charge in [0, 0.05) is 5.56 Å². The number of carbonyl (C=O) groups is 2. The number of nitrogens with one attached hydrogen (secondary N) is 3. The van der Waals surface area contributed by atoms with E-state index in [4.69, 9.17) is 4.74 Å². The second-order valence-electron chi connectivity index (χ2n) is 5.78. The van der Waals surface area contributed by atoms with Crippen LogP contribution < -0.4 is 16.2 Å². The smallest absolute Gasteiger partial charge is 0.355 e. The van der Waals surface area contributed by atoms with Gasteiger partial charge in [-0.2, -0.15) is 0 Å². The van der Waals surface area contributed by atoms with Gasteiger partial charge >= 0.3 is 11.7 Å². The number of methoxy groups -OCH3 is 1. The molecule has 3 N–H and O–H groups in total. The summed E-state index contributed by atoms with van der Waals surface area (Å²) in [5.74, 6) is -1.54. The molecule has 0 radical (unpaired) electrons. The fourth-order valence-electron chi connectivity index (χ4n) is 2.52. The molecule has 0 saturated heterocycles. The first-order chi connectivity index (χ1) is 14.5. The molecule has 2 aromatic carbocycles. The molecule has 0 spiro atoms. The summed E-state index contributed by atoms with van der Waals surface area (Å²) in [5.41, 5.74) is 5.05. The van der Waals surface area contributed by atoms with Crippen molar-refractivity contribution < 1.29 is 19.2 Å². The quantitative estimate of drug-likeness (QED) is 0.305. The van der Waals surface area contributed by atoms with E-state index in [-0.39, 0.29) is 22.9 Å². The zero-order valence-electron chi connectivity index (χ0n) is 15.7. The predicted molar refractivity (Wildman–Crippen MR) is 107 cm³/mol. The van der Waals surface area contributed by atoms with Gasteiger partial charge in [0.1, 0.15) is 6.33 Å². The molecule has 3 aromatic rings. The van der Waals surface area contributed by atoms with Crippen LogP contribution in [-0.2, 0) is 4.74 Å². The van der Waals surface area contributed by atoms with Crippen molar-refractivity contribution >= 4 is 34.9 Å². The van der Waals surface area contributed by atoms with Crippen molar-refractivity contribution in [3.05, 3.63) is 82.2 Å². The third-order valence-electron chi connectivity index (χ3n) is 3.92. The highest BCUT2D eigenvalue weighted by molar-refractivity contribution is 5.97. The van der Waals surface area contributed by atoms with E-state index in [1.165, 1.54) is 13.2 Å². The van der Waals surface area contributed by atoms with Gasteiger partial charge < -0.3 is 10.1 Å². The van der Waals surface area contributed by atoms with Crippen LogP contribution in [0, 0.1) is 10.1 Å². The van der Waals surface area contributed by atoms with E-state index >= 15 is 0 Å². The lowest BCUT2D eigenvalue weighted by atomic mass is 10.2. The number of ether oxygens (including phenoxy) is 1. The summed E-state index contributed by atoms with van der Waals surface area (Å²) < 4.78 is 4.72. The second-order valence-corrected chi connectivity index (χ2v) is 5.78. The fraction of sp³-hybridized carbons (Fsp3) is 0.0526. The minimum atomic E-state index is -0.708. The molecular weight excluding hydrogens is 392 g/mol. The summed E-state index contributed by atoms with van der Waals surface area (Å²) in [4.78, 5) is 42.8. The van der Waals surface area contributed by atoms with Crippen molar-refractivity contribution in [1.29, 1.82) is 0 Å². The molecule has 0 unspecified atom stereocenters. The molecule has 0 aliphatic rings. The number of rotatable bonds is 7. The largest absolute Gasteiger partial charge is 0.465 e. The number of nitro groups is 1. The number of hydrogen-bond donors (Lipinski definition) is 3. The van der Waals surface area contributed by atoms with Gasteiger partial charge in [0.15, 0.2) is 0 Å². The van der Waals surface area contributed by atoms with Gasteiger partial charge in [-0.05, 0) is 24.3 Å². The lowest BCUT2D eigenvalue weighted by Gasteiger charge is -2.12. The van der Waals surface area contributed by atoms with Crippen LogP contribution in [0.2, 0.25) is 0 Å². The van der Waals surface area contributed by atoms with Crippen LogP contribution >= 0.6 is 0 Å². The van der Waals surface area contributed by atoms with E-state index in [0.717, 1.165) is 6.33 Å². The Morgan fingerprint density at radius 1 is 1.00 bits per heavy atom. The summed E-state index contributed by atoms with van der Waals surface area (Å²) in [6, 6.07) is 14.6.